The van der Waals surface area contributed by atoms with Gasteiger partial charge in [-0.05, 0) is 0 Å². The molecule has 0 amide bonds. The molecule has 0 unspecified atom stereocenters. The van der Waals surface area contributed by atoms with Crippen molar-refractivity contribution >= 4 is 35.2 Å². The highest BCUT2D eigenvalue weighted by Crippen LogP contribution is 2.20. The van der Waals surface area contributed by atoms with Crippen molar-refractivity contribution in [3.8, 4) is 0 Å². The third-order valence-corrected chi connectivity index (χ3v) is 5.18. The number of nitrogens with zero attached hydrogens (tertiary/aromatic N) is 4. The van der Waals surface area contributed by atoms with E-state index in [2.05, 4.69) is 19.8 Å². The molecule has 4 nitrogen and oxygen atoms in total. The fourth-order valence-corrected chi connectivity index (χ4v) is 4.03. The predicted octanol–water partition coefficient (Wildman–Crippen LogP) is 1.58. The molecule has 2 saturated heterocycles. The van der Waals surface area contributed by atoms with Crippen LogP contribution in [-0.4, -0.2) is 59.2 Å². The highest BCUT2D eigenvalue weighted by molar-refractivity contribution is 7.99. The second-order valence-electron chi connectivity index (χ2n) is 4.43. The van der Waals surface area contributed by atoms with Crippen LogP contribution < -0.4 is 9.80 Å². The van der Waals surface area contributed by atoms with E-state index >= 15 is 0 Å². The fraction of sp³-hybridized carbons (Fsp3) is 0.667. The minimum Gasteiger partial charge on any atom is -0.354 e. The molecule has 3 rings (SSSR count). The van der Waals surface area contributed by atoms with Crippen molar-refractivity contribution in [3.05, 3.63) is 12.4 Å². The van der Waals surface area contributed by atoms with Gasteiger partial charge in [-0.2, -0.15) is 23.5 Å². The van der Waals surface area contributed by atoms with Gasteiger partial charge < -0.3 is 9.80 Å². The molecule has 6 heteroatoms. The molecule has 98 valence electrons. The summed E-state index contributed by atoms with van der Waals surface area (Å²) in [6.45, 7) is 4.39. The number of thioether (sulfide) groups is 2. The molecule has 0 bridgehead atoms. The van der Waals surface area contributed by atoms with E-state index in [9.17, 15) is 0 Å². The maximum Gasteiger partial charge on any atom is 0.147 e. The topological polar surface area (TPSA) is 32.3 Å². The van der Waals surface area contributed by atoms with Crippen molar-refractivity contribution in [2.45, 2.75) is 0 Å². The molecule has 1 aromatic rings. The quantitative estimate of drug-likeness (QED) is 0.819. The van der Waals surface area contributed by atoms with Gasteiger partial charge >= 0.3 is 0 Å². The average molecular weight is 282 g/mol. The first kappa shape index (κ1) is 12.4. The van der Waals surface area contributed by atoms with E-state index in [0.717, 1.165) is 37.8 Å². The van der Waals surface area contributed by atoms with Crippen molar-refractivity contribution in [2.75, 3.05) is 59.0 Å². The lowest BCUT2D eigenvalue weighted by Crippen LogP contribution is -2.34. The van der Waals surface area contributed by atoms with Gasteiger partial charge in [-0.25, -0.2) is 9.97 Å². The third-order valence-electron chi connectivity index (χ3n) is 3.29. The SMILES string of the molecule is c1nc(N2CCSCC2)cnc1N1CCSCC1. The Morgan fingerprint density at radius 1 is 0.722 bits per heavy atom. The number of hydrogen-bond donors (Lipinski definition) is 0. The van der Waals surface area contributed by atoms with Crippen LogP contribution in [0.1, 0.15) is 0 Å². The van der Waals surface area contributed by atoms with E-state index in [1.807, 2.05) is 35.9 Å². The Labute approximate surface area is 117 Å². The molecule has 0 spiro atoms. The summed E-state index contributed by atoms with van der Waals surface area (Å²) in [4.78, 5) is 13.8. The molecule has 0 saturated carbocycles. The second-order valence-corrected chi connectivity index (χ2v) is 6.88. The summed E-state index contributed by atoms with van der Waals surface area (Å²) in [5, 5.41) is 0. The maximum atomic E-state index is 4.58. The van der Waals surface area contributed by atoms with Crippen molar-refractivity contribution in [1.29, 1.82) is 0 Å². The van der Waals surface area contributed by atoms with Crippen molar-refractivity contribution in [3.63, 3.8) is 0 Å². The van der Waals surface area contributed by atoms with Crippen molar-refractivity contribution in [1.82, 2.24) is 9.97 Å². The summed E-state index contributed by atoms with van der Waals surface area (Å²) in [7, 11) is 0. The van der Waals surface area contributed by atoms with Crippen LogP contribution in [-0.2, 0) is 0 Å². The molecule has 18 heavy (non-hydrogen) atoms. The summed E-state index contributed by atoms with van der Waals surface area (Å²) in [5.74, 6) is 6.87. The minimum absolute atomic E-state index is 1.03. The summed E-state index contributed by atoms with van der Waals surface area (Å²) < 4.78 is 0. The van der Waals surface area contributed by atoms with Gasteiger partial charge in [0.1, 0.15) is 11.6 Å². The number of hydrogen-bond acceptors (Lipinski definition) is 6. The molecular formula is C12H18N4S2. The Bertz CT molecular complexity index is 335. The first-order valence-electron chi connectivity index (χ1n) is 6.41. The highest BCUT2D eigenvalue weighted by Gasteiger charge is 2.15. The Morgan fingerprint density at radius 3 is 1.44 bits per heavy atom. The van der Waals surface area contributed by atoms with Gasteiger partial charge in [0, 0.05) is 49.2 Å². The Hall–Kier alpha value is -0.620. The maximum absolute atomic E-state index is 4.58. The van der Waals surface area contributed by atoms with Crippen LogP contribution in [0.25, 0.3) is 0 Å². The van der Waals surface area contributed by atoms with Crippen LogP contribution in [0.4, 0.5) is 11.6 Å². The van der Waals surface area contributed by atoms with Gasteiger partial charge in [-0.1, -0.05) is 0 Å². The number of anilines is 2. The molecule has 2 fully saturated rings. The van der Waals surface area contributed by atoms with Crippen molar-refractivity contribution in [2.24, 2.45) is 0 Å². The molecule has 2 aliphatic heterocycles. The van der Waals surface area contributed by atoms with Crippen LogP contribution in [0.3, 0.4) is 0 Å². The zero-order valence-corrected chi connectivity index (χ0v) is 12.0. The average Bonchev–Trinajstić information content (AvgIpc) is 2.49. The standard InChI is InChI=1S/C12H18N4S2/c1-5-17-6-2-15(1)11-9-14-12(10-13-11)16-3-7-18-8-4-16/h9-10H,1-8H2. The molecule has 0 atom stereocenters. The molecule has 0 aliphatic carbocycles. The first-order valence-corrected chi connectivity index (χ1v) is 8.72. The number of rotatable bonds is 2. The van der Waals surface area contributed by atoms with Crippen molar-refractivity contribution < 1.29 is 0 Å². The van der Waals surface area contributed by atoms with E-state index < -0.39 is 0 Å². The summed E-state index contributed by atoms with van der Waals surface area (Å²) in [6.07, 6.45) is 3.88. The number of aromatic nitrogens is 2. The Balaban J connectivity index is 1.67. The lowest BCUT2D eigenvalue weighted by atomic mass is 10.4. The molecule has 0 N–H and O–H groups in total. The Kier molecular flexibility index (Phi) is 4.15. The van der Waals surface area contributed by atoms with E-state index in [1.165, 1.54) is 23.0 Å². The van der Waals surface area contributed by atoms with E-state index in [1.54, 1.807) is 0 Å². The molecule has 3 heterocycles. The van der Waals surface area contributed by atoms with Gasteiger partial charge in [0.25, 0.3) is 0 Å². The lowest BCUT2D eigenvalue weighted by molar-refractivity contribution is 0.812. The monoisotopic (exact) mass is 282 g/mol. The van der Waals surface area contributed by atoms with Crippen LogP contribution in [0.15, 0.2) is 12.4 Å². The van der Waals surface area contributed by atoms with E-state index in [0.29, 0.717) is 0 Å². The minimum atomic E-state index is 1.03. The zero-order valence-electron chi connectivity index (χ0n) is 10.4. The van der Waals surface area contributed by atoms with Gasteiger partial charge in [-0.15, -0.1) is 0 Å². The zero-order chi connectivity index (χ0) is 12.2. The highest BCUT2D eigenvalue weighted by atomic mass is 32.2. The second kappa shape index (κ2) is 6.02. The molecular weight excluding hydrogens is 264 g/mol. The predicted molar refractivity (Wildman–Crippen MR) is 81.1 cm³/mol. The summed E-state index contributed by atoms with van der Waals surface area (Å²) >= 11 is 4.04. The third kappa shape index (κ3) is 2.85. The van der Waals surface area contributed by atoms with Gasteiger partial charge in [0.2, 0.25) is 0 Å². The molecule has 0 radical (unpaired) electrons. The van der Waals surface area contributed by atoms with Gasteiger partial charge in [0.05, 0.1) is 12.4 Å². The normalized spacial score (nSPS) is 21.1. The largest absolute Gasteiger partial charge is 0.354 e. The fourth-order valence-electron chi connectivity index (χ4n) is 2.23. The molecule has 2 aliphatic rings. The summed E-state index contributed by atoms with van der Waals surface area (Å²) in [6, 6.07) is 0. The van der Waals surface area contributed by atoms with E-state index in [4.69, 9.17) is 0 Å². The lowest BCUT2D eigenvalue weighted by Gasteiger charge is -2.29. The van der Waals surface area contributed by atoms with Crippen LogP contribution in [0, 0.1) is 0 Å². The van der Waals surface area contributed by atoms with Crippen LogP contribution in [0.5, 0.6) is 0 Å². The van der Waals surface area contributed by atoms with Crippen LogP contribution in [0.2, 0.25) is 0 Å². The van der Waals surface area contributed by atoms with E-state index in [-0.39, 0.29) is 0 Å². The van der Waals surface area contributed by atoms with Crippen LogP contribution >= 0.6 is 23.5 Å². The molecule has 1 aromatic heterocycles. The van der Waals surface area contributed by atoms with Gasteiger partial charge in [-0.3, -0.25) is 0 Å². The molecule has 0 aromatic carbocycles. The Morgan fingerprint density at radius 2 is 1.11 bits per heavy atom. The summed E-state index contributed by atoms with van der Waals surface area (Å²) in [5.41, 5.74) is 0. The van der Waals surface area contributed by atoms with Gasteiger partial charge in [0.15, 0.2) is 0 Å². The first-order chi connectivity index (χ1) is 8.93. The smallest absolute Gasteiger partial charge is 0.147 e.